The zero-order chi connectivity index (χ0) is 11.8. The molecule has 5 heteroatoms. The molecule has 17 heavy (non-hydrogen) atoms. The molecule has 3 nitrogen and oxygen atoms in total. The molecule has 1 fully saturated rings. The van der Waals surface area contributed by atoms with Crippen LogP contribution in [0.25, 0.3) is 0 Å². The van der Waals surface area contributed by atoms with E-state index in [9.17, 15) is 4.79 Å². The molecule has 2 heterocycles. The number of carbonyl (C=O) groups is 1. The molecule has 2 aliphatic heterocycles. The molecular weight excluding hydrogens is 300 g/mol. The van der Waals surface area contributed by atoms with Gasteiger partial charge in [-0.1, -0.05) is 39.8 Å². The van der Waals surface area contributed by atoms with Crippen molar-refractivity contribution in [3.63, 3.8) is 0 Å². The molecule has 0 aromatic heterocycles. The summed E-state index contributed by atoms with van der Waals surface area (Å²) in [6.45, 7) is 1.52. The number of carbonyl (C=O) groups excluding carboxylic acids is 1. The van der Waals surface area contributed by atoms with Gasteiger partial charge in [-0.2, -0.15) is 0 Å². The molecule has 1 aromatic carbocycles. The molecule has 1 saturated heterocycles. The van der Waals surface area contributed by atoms with E-state index in [1.165, 1.54) is 5.56 Å². The smallest absolute Gasteiger partial charge is 0.242 e. The van der Waals surface area contributed by atoms with Gasteiger partial charge in [0, 0.05) is 11.0 Å². The third kappa shape index (κ3) is 2.13. The highest BCUT2D eigenvalue weighted by atomic mass is 79.9. The number of hydrogen-bond donors (Lipinski definition) is 0. The van der Waals surface area contributed by atoms with Gasteiger partial charge in [-0.15, -0.1) is 0 Å². The van der Waals surface area contributed by atoms with Gasteiger partial charge in [0.15, 0.2) is 5.17 Å². The van der Waals surface area contributed by atoms with Crippen molar-refractivity contribution in [2.45, 2.75) is 11.7 Å². The van der Waals surface area contributed by atoms with Gasteiger partial charge in [0.05, 0.1) is 11.8 Å². The van der Waals surface area contributed by atoms with Gasteiger partial charge < -0.3 is 0 Å². The van der Waals surface area contributed by atoms with E-state index in [0.29, 0.717) is 0 Å². The van der Waals surface area contributed by atoms with E-state index in [2.05, 4.69) is 33.1 Å². The van der Waals surface area contributed by atoms with Crippen molar-refractivity contribution >= 4 is 38.8 Å². The number of benzene rings is 1. The molecule has 1 amide bonds. The normalized spacial score (nSPS) is 22.9. The van der Waals surface area contributed by atoms with Crippen LogP contribution in [0.4, 0.5) is 0 Å². The molecule has 0 N–H and O–H groups in total. The first-order chi connectivity index (χ1) is 8.24. The largest absolute Gasteiger partial charge is 0.289 e. The second kappa shape index (κ2) is 4.46. The molecule has 0 saturated carbocycles. The quantitative estimate of drug-likeness (QED) is 0.839. The maximum Gasteiger partial charge on any atom is 0.242 e. The van der Waals surface area contributed by atoms with E-state index in [-0.39, 0.29) is 11.2 Å². The summed E-state index contributed by atoms with van der Waals surface area (Å²) < 4.78 is 1.07. The van der Waals surface area contributed by atoms with Gasteiger partial charge in [0.2, 0.25) is 5.91 Å². The Morgan fingerprint density at radius 1 is 1.41 bits per heavy atom. The lowest BCUT2D eigenvalue weighted by Crippen LogP contribution is -2.31. The molecule has 0 spiro atoms. The second-order valence-electron chi connectivity index (χ2n) is 4.09. The molecule has 0 aliphatic carbocycles. The fourth-order valence-electron chi connectivity index (χ4n) is 2.05. The highest BCUT2D eigenvalue weighted by molar-refractivity contribution is 9.10. The Morgan fingerprint density at radius 2 is 2.18 bits per heavy atom. The van der Waals surface area contributed by atoms with Gasteiger partial charge in [-0.05, 0) is 24.1 Å². The van der Waals surface area contributed by atoms with Crippen LogP contribution in [0.3, 0.4) is 0 Å². The highest BCUT2D eigenvalue weighted by Crippen LogP contribution is 2.31. The second-order valence-corrected chi connectivity index (χ2v) is 6.18. The average molecular weight is 311 g/mol. The number of amidine groups is 1. The number of aliphatic imine (C=N–C) groups is 1. The van der Waals surface area contributed by atoms with Crippen LogP contribution < -0.4 is 0 Å². The first-order valence-electron chi connectivity index (χ1n) is 5.51. The van der Waals surface area contributed by atoms with Crippen LogP contribution in [-0.4, -0.2) is 34.3 Å². The Kier molecular flexibility index (Phi) is 2.96. The van der Waals surface area contributed by atoms with Crippen molar-refractivity contribution in [2.75, 3.05) is 13.1 Å². The van der Waals surface area contributed by atoms with E-state index >= 15 is 0 Å². The summed E-state index contributed by atoms with van der Waals surface area (Å²) in [7, 11) is 0. The van der Waals surface area contributed by atoms with Crippen LogP contribution in [0.1, 0.15) is 5.56 Å². The molecule has 3 rings (SSSR count). The summed E-state index contributed by atoms with van der Waals surface area (Å²) in [5, 5.41) is 0.923. The third-order valence-electron chi connectivity index (χ3n) is 2.93. The van der Waals surface area contributed by atoms with Crippen LogP contribution >= 0.6 is 27.7 Å². The lowest BCUT2D eigenvalue weighted by molar-refractivity contribution is -0.125. The zero-order valence-electron chi connectivity index (χ0n) is 9.10. The Labute approximate surface area is 112 Å². The minimum absolute atomic E-state index is 0.00947. The van der Waals surface area contributed by atoms with Crippen molar-refractivity contribution in [3.8, 4) is 0 Å². The minimum Gasteiger partial charge on any atom is -0.289 e. The Balaban J connectivity index is 1.74. The molecule has 88 valence electrons. The van der Waals surface area contributed by atoms with Crippen LogP contribution in [0.15, 0.2) is 33.7 Å². The lowest BCUT2D eigenvalue weighted by atomic mass is 10.1. The van der Waals surface area contributed by atoms with E-state index in [1.807, 2.05) is 17.0 Å². The number of rotatable bonds is 2. The van der Waals surface area contributed by atoms with Gasteiger partial charge in [0.1, 0.15) is 0 Å². The summed E-state index contributed by atoms with van der Waals surface area (Å²) in [4.78, 5) is 18.2. The molecule has 1 aromatic rings. The number of amides is 1. The van der Waals surface area contributed by atoms with Crippen molar-refractivity contribution in [1.29, 1.82) is 0 Å². The maximum absolute atomic E-state index is 12.1. The molecule has 1 atom stereocenters. The van der Waals surface area contributed by atoms with Crippen molar-refractivity contribution in [3.05, 3.63) is 34.3 Å². The van der Waals surface area contributed by atoms with Crippen LogP contribution in [0, 0.1) is 0 Å². The predicted octanol–water partition coefficient (Wildman–Crippen LogP) is 2.31. The third-order valence-corrected chi connectivity index (χ3v) is 4.67. The number of hydrogen-bond acceptors (Lipinski definition) is 3. The van der Waals surface area contributed by atoms with Crippen LogP contribution in [-0.2, 0) is 11.2 Å². The van der Waals surface area contributed by atoms with Crippen LogP contribution in [0.2, 0.25) is 0 Å². The highest BCUT2D eigenvalue weighted by Gasteiger charge is 2.39. The maximum atomic E-state index is 12.1. The monoisotopic (exact) mass is 310 g/mol. The molecule has 0 unspecified atom stereocenters. The topological polar surface area (TPSA) is 32.7 Å². The summed E-state index contributed by atoms with van der Waals surface area (Å²) in [5.74, 6) is 0.217. The molecule has 2 aliphatic rings. The SMILES string of the molecule is O=C1[C@@H](Cc2ccc(Br)cc2)SC2=NCCN12. The number of fused-ring (bicyclic) bond motifs is 1. The Bertz CT molecular complexity index is 486. The summed E-state index contributed by atoms with van der Waals surface area (Å²) in [6, 6.07) is 8.14. The van der Waals surface area contributed by atoms with Crippen molar-refractivity contribution < 1.29 is 4.79 Å². The minimum atomic E-state index is 0.00947. The average Bonchev–Trinajstić information content (AvgIpc) is 2.87. The first-order valence-corrected chi connectivity index (χ1v) is 7.18. The molecular formula is C12H11BrN2OS. The van der Waals surface area contributed by atoms with E-state index < -0.39 is 0 Å². The lowest BCUT2D eigenvalue weighted by Gasteiger charge is -2.10. The number of halogens is 1. The van der Waals surface area contributed by atoms with Gasteiger partial charge in [0.25, 0.3) is 0 Å². The molecule has 0 radical (unpaired) electrons. The van der Waals surface area contributed by atoms with E-state index in [4.69, 9.17) is 0 Å². The van der Waals surface area contributed by atoms with Crippen molar-refractivity contribution in [1.82, 2.24) is 4.90 Å². The summed E-state index contributed by atoms with van der Waals surface area (Å²) in [6.07, 6.45) is 0.784. The summed E-state index contributed by atoms with van der Waals surface area (Å²) in [5.41, 5.74) is 1.20. The number of nitrogens with zero attached hydrogens (tertiary/aromatic N) is 2. The Morgan fingerprint density at radius 3 is 2.88 bits per heavy atom. The van der Waals surface area contributed by atoms with Crippen molar-refractivity contribution in [2.24, 2.45) is 4.99 Å². The molecule has 0 bridgehead atoms. The summed E-state index contributed by atoms with van der Waals surface area (Å²) >= 11 is 5.01. The van der Waals surface area contributed by atoms with Gasteiger partial charge >= 0.3 is 0 Å². The van der Waals surface area contributed by atoms with E-state index in [0.717, 1.165) is 29.2 Å². The fraction of sp³-hybridized carbons (Fsp3) is 0.333. The number of thioether (sulfide) groups is 1. The van der Waals surface area contributed by atoms with Crippen LogP contribution in [0.5, 0.6) is 0 Å². The fourth-order valence-corrected chi connectivity index (χ4v) is 3.54. The van der Waals surface area contributed by atoms with Gasteiger partial charge in [-0.25, -0.2) is 0 Å². The van der Waals surface area contributed by atoms with Gasteiger partial charge in [-0.3, -0.25) is 14.7 Å². The van der Waals surface area contributed by atoms with E-state index in [1.54, 1.807) is 11.8 Å². The Hall–Kier alpha value is -0.810. The zero-order valence-corrected chi connectivity index (χ0v) is 11.5. The predicted molar refractivity (Wildman–Crippen MR) is 73.2 cm³/mol. The first kappa shape index (κ1) is 11.3. The standard InChI is InChI=1S/C12H11BrN2OS/c13-9-3-1-8(2-4-9)7-10-11(16)15-6-5-14-12(15)17-10/h1-4,10H,5-7H2/t10-/m1/s1.